The maximum atomic E-state index is 10.9. The summed E-state index contributed by atoms with van der Waals surface area (Å²) < 4.78 is 0.743. The molecule has 1 aromatic rings. The molecule has 2 heterocycles. The van der Waals surface area contributed by atoms with Crippen molar-refractivity contribution in [2.24, 2.45) is 0 Å². The predicted octanol–water partition coefficient (Wildman–Crippen LogP) is 2.59. The third-order valence-corrected chi connectivity index (χ3v) is 4.63. The lowest BCUT2D eigenvalue weighted by atomic mass is 10.1. The largest absolute Gasteiger partial charge is 0.477 e. The molecule has 1 aliphatic rings. The molecule has 0 saturated carbocycles. The first-order valence-electron chi connectivity index (χ1n) is 4.37. The molecule has 3 nitrogen and oxygen atoms in total. The van der Waals surface area contributed by atoms with Crippen molar-refractivity contribution in [3.63, 3.8) is 0 Å². The van der Waals surface area contributed by atoms with Crippen LogP contribution < -0.4 is 4.90 Å². The van der Waals surface area contributed by atoms with Crippen molar-refractivity contribution in [1.29, 1.82) is 0 Å². The standard InChI is InChI=1S/C9H10BrNO2S/c1-11-4-2-3-5-7(11)6(10)8(14-5)9(12)13/h2-4H2,1H3,(H,12,13). The van der Waals surface area contributed by atoms with Crippen molar-refractivity contribution < 1.29 is 9.90 Å². The third-order valence-electron chi connectivity index (χ3n) is 2.37. The van der Waals surface area contributed by atoms with E-state index >= 15 is 0 Å². The summed E-state index contributed by atoms with van der Waals surface area (Å²) in [6.45, 7) is 1.00. The number of fused-ring (bicyclic) bond motifs is 1. The molecule has 14 heavy (non-hydrogen) atoms. The number of hydrogen-bond donors (Lipinski definition) is 1. The molecular weight excluding hydrogens is 266 g/mol. The number of halogens is 1. The van der Waals surface area contributed by atoms with Crippen LogP contribution in [-0.2, 0) is 6.42 Å². The smallest absolute Gasteiger partial charge is 0.347 e. The summed E-state index contributed by atoms with van der Waals surface area (Å²) in [5.41, 5.74) is 1.07. The van der Waals surface area contributed by atoms with Crippen LogP contribution in [0.3, 0.4) is 0 Å². The Morgan fingerprint density at radius 3 is 2.93 bits per heavy atom. The SMILES string of the molecule is CN1CCCc2sc(C(=O)O)c(Br)c21. The molecule has 1 aliphatic heterocycles. The van der Waals surface area contributed by atoms with Crippen LogP contribution in [0.25, 0.3) is 0 Å². The number of aromatic carboxylic acids is 1. The highest BCUT2D eigenvalue weighted by atomic mass is 79.9. The number of carbonyl (C=O) groups is 1. The van der Waals surface area contributed by atoms with Gasteiger partial charge in [-0.1, -0.05) is 0 Å². The zero-order valence-electron chi connectivity index (χ0n) is 7.71. The van der Waals surface area contributed by atoms with Gasteiger partial charge < -0.3 is 10.0 Å². The summed E-state index contributed by atoms with van der Waals surface area (Å²) in [6, 6.07) is 0. The first-order valence-corrected chi connectivity index (χ1v) is 5.98. The number of carboxylic acids is 1. The topological polar surface area (TPSA) is 40.5 Å². The third kappa shape index (κ3) is 1.44. The van der Waals surface area contributed by atoms with E-state index in [1.807, 2.05) is 7.05 Å². The van der Waals surface area contributed by atoms with E-state index < -0.39 is 5.97 Å². The second kappa shape index (κ2) is 3.55. The fraction of sp³-hybridized carbons (Fsp3) is 0.444. The second-order valence-electron chi connectivity index (χ2n) is 3.35. The number of anilines is 1. The van der Waals surface area contributed by atoms with E-state index in [4.69, 9.17) is 5.11 Å². The van der Waals surface area contributed by atoms with E-state index in [1.54, 1.807) is 0 Å². The Balaban J connectivity index is 2.55. The van der Waals surface area contributed by atoms with E-state index in [9.17, 15) is 4.79 Å². The molecule has 0 fully saturated rings. The molecule has 0 saturated heterocycles. The fourth-order valence-corrected chi connectivity index (χ4v) is 3.93. The minimum Gasteiger partial charge on any atom is -0.477 e. The van der Waals surface area contributed by atoms with Gasteiger partial charge in [0, 0.05) is 18.5 Å². The zero-order valence-corrected chi connectivity index (χ0v) is 10.1. The molecule has 1 aromatic heterocycles. The number of rotatable bonds is 1. The van der Waals surface area contributed by atoms with Crippen molar-refractivity contribution >= 4 is 38.9 Å². The van der Waals surface area contributed by atoms with Gasteiger partial charge in [0.2, 0.25) is 0 Å². The Labute approximate surface area is 94.5 Å². The van der Waals surface area contributed by atoms with Gasteiger partial charge in [-0.05, 0) is 28.8 Å². The number of aryl methyl sites for hydroxylation is 1. The van der Waals surface area contributed by atoms with E-state index in [2.05, 4.69) is 20.8 Å². The van der Waals surface area contributed by atoms with Gasteiger partial charge >= 0.3 is 5.97 Å². The Bertz CT molecular complexity index is 388. The van der Waals surface area contributed by atoms with Gasteiger partial charge in [-0.25, -0.2) is 4.79 Å². The van der Waals surface area contributed by atoms with Crippen LogP contribution in [0.2, 0.25) is 0 Å². The zero-order chi connectivity index (χ0) is 10.3. The van der Waals surface area contributed by atoms with Gasteiger partial charge in [0.25, 0.3) is 0 Å². The van der Waals surface area contributed by atoms with E-state index in [-0.39, 0.29) is 0 Å². The van der Waals surface area contributed by atoms with Gasteiger partial charge in [-0.3, -0.25) is 0 Å². The molecule has 0 atom stereocenters. The first-order chi connectivity index (χ1) is 6.61. The Kier molecular flexibility index (Phi) is 2.53. The summed E-state index contributed by atoms with van der Waals surface area (Å²) in [7, 11) is 2.00. The number of thiophene rings is 1. The van der Waals surface area contributed by atoms with Crippen LogP contribution in [0.1, 0.15) is 21.0 Å². The molecule has 0 radical (unpaired) electrons. The van der Waals surface area contributed by atoms with Crippen molar-refractivity contribution in [2.45, 2.75) is 12.8 Å². The average molecular weight is 276 g/mol. The molecule has 0 bridgehead atoms. The summed E-state index contributed by atoms with van der Waals surface area (Å²) in [5.74, 6) is -0.843. The number of nitrogens with zero attached hydrogens (tertiary/aromatic N) is 1. The van der Waals surface area contributed by atoms with Gasteiger partial charge in [0.05, 0.1) is 10.2 Å². The summed E-state index contributed by atoms with van der Waals surface area (Å²) in [5, 5.41) is 8.96. The van der Waals surface area contributed by atoms with Crippen LogP contribution in [0.5, 0.6) is 0 Å². The van der Waals surface area contributed by atoms with E-state index in [0.29, 0.717) is 4.88 Å². The average Bonchev–Trinajstić information content (AvgIpc) is 2.45. The summed E-state index contributed by atoms with van der Waals surface area (Å²) >= 11 is 4.75. The molecule has 1 N–H and O–H groups in total. The van der Waals surface area contributed by atoms with Crippen LogP contribution in [0.15, 0.2) is 4.47 Å². The maximum absolute atomic E-state index is 10.9. The molecule has 0 amide bonds. The summed E-state index contributed by atoms with van der Waals surface area (Å²) in [6.07, 6.45) is 2.10. The van der Waals surface area contributed by atoms with Crippen molar-refractivity contribution in [2.75, 3.05) is 18.5 Å². The van der Waals surface area contributed by atoms with Crippen LogP contribution in [0.4, 0.5) is 5.69 Å². The molecular formula is C9H10BrNO2S. The highest BCUT2D eigenvalue weighted by molar-refractivity contribution is 9.10. The van der Waals surface area contributed by atoms with Crippen LogP contribution >= 0.6 is 27.3 Å². The minimum absolute atomic E-state index is 0.420. The highest BCUT2D eigenvalue weighted by Gasteiger charge is 2.25. The quantitative estimate of drug-likeness (QED) is 0.857. The van der Waals surface area contributed by atoms with Gasteiger partial charge in [-0.15, -0.1) is 11.3 Å². The lowest BCUT2D eigenvalue weighted by molar-refractivity contribution is 0.0701. The normalized spacial score (nSPS) is 15.4. The lowest BCUT2D eigenvalue weighted by Crippen LogP contribution is -2.23. The molecule has 2 rings (SSSR count). The van der Waals surface area contributed by atoms with Crippen LogP contribution in [0, 0.1) is 0 Å². The predicted molar refractivity (Wildman–Crippen MR) is 60.6 cm³/mol. The second-order valence-corrected chi connectivity index (χ2v) is 5.25. The Morgan fingerprint density at radius 1 is 1.64 bits per heavy atom. The van der Waals surface area contributed by atoms with Gasteiger partial charge in [0.1, 0.15) is 4.88 Å². The number of hydrogen-bond acceptors (Lipinski definition) is 3. The maximum Gasteiger partial charge on any atom is 0.347 e. The van der Waals surface area contributed by atoms with Gasteiger partial charge in [0.15, 0.2) is 0 Å². The molecule has 0 aliphatic carbocycles. The van der Waals surface area contributed by atoms with Crippen molar-refractivity contribution in [3.8, 4) is 0 Å². The van der Waals surface area contributed by atoms with E-state index in [1.165, 1.54) is 16.2 Å². The Hall–Kier alpha value is -0.550. The highest BCUT2D eigenvalue weighted by Crippen LogP contribution is 2.42. The van der Waals surface area contributed by atoms with Crippen LogP contribution in [-0.4, -0.2) is 24.7 Å². The summed E-state index contributed by atoms with van der Waals surface area (Å²) in [4.78, 5) is 14.6. The molecule has 0 spiro atoms. The molecule has 0 unspecified atom stereocenters. The van der Waals surface area contributed by atoms with Gasteiger partial charge in [-0.2, -0.15) is 0 Å². The van der Waals surface area contributed by atoms with Crippen molar-refractivity contribution in [1.82, 2.24) is 0 Å². The monoisotopic (exact) mass is 275 g/mol. The lowest BCUT2D eigenvalue weighted by Gasteiger charge is -2.24. The van der Waals surface area contributed by atoms with Crippen molar-refractivity contribution in [3.05, 3.63) is 14.2 Å². The minimum atomic E-state index is -0.843. The molecule has 0 aromatic carbocycles. The van der Waals surface area contributed by atoms with E-state index in [0.717, 1.165) is 29.5 Å². The molecule has 5 heteroatoms. The first kappa shape index (κ1) is 9.98. The Morgan fingerprint density at radius 2 is 2.36 bits per heavy atom. The number of carboxylic acid groups (broad SMARTS) is 1. The fourth-order valence-electron chi connectivity index (χ4n) is 1.72. The molecule has 76 valence electrons.